The fraction of sp³-hybridized carbons (Fsp3) is 0.462. The smallest absolute Gasteiger partial charge is 0.326 e. The van der Waals surface area contributed by atoms with E-state index in [0.29, 0.717) is 0 Å². The van der Waals surface area contributed by atoms with Crippen LogP contribution in [0, 0.1) is 5.92 Å². The highest BCUT2D eigenvalue weighted by atomic mass is 35.5. The third kappa shape index (κ3) is 3.41. The van der Waals surface area contributed by atoms with Crippen molar-refractivity contribution in [1.82, 2.24) is 0 Å². The number of halogens is 4. The van der Waals surface area contributed by atoms with Gasteiger partial charge in [0.1, 0.15) is 0 Å². The summed E-state index contributed by atoms with van der Waals surface area (Å²) >= 11 is 5.51. The largest absolute Gasteiger partial charge is 0.417 e. The first kappa shape index (κ1) is 14.2. The maximum Gasteiger partial charge on any atom is 0.417 e. The Bertz CT molecular complexity index is 481. The summed E-state index contributed by atoms with van der Waals surface area (Å²) in [5.41, 5.74) is -0.799. The number of rotatable bonds is 2. The second kappa shape index (κ2) is 5.41. The summed E-state index contributed by atoms with van der Waals surface area (Å²) in [5, 5.41) is 2.16. The molecule has 1 aromatic rings. The normalized spacial score (nSPS) is 16.6. The second-order valence-corrected chi connectivity index (χ2v) is 5.07. The van der Waals surface area contributed by atoms with Gasteiger partial charge in [0.05, 0.1) is 10.6 Å². The number of amides is 1. The lowest BCUT2D eigenvalue weighted by Crippen LogP contribution is -2.20. The standard InChI is InChI=1S/C13H13ClF3NO/c14-11-6-5-9(7-10(11)13(15,16)17)18-12(19)8-3-1-2-4-8/h5-8H,1-4H2,(H,18,19). The molecule has 2 nitrogen and oxygen atoms in total. The van der Waals surface area contributed by atoms with Crippen LogP contribution in [-0.2, 0) is 11.0 Å². The molecule has 0 bridgehead atoms. The molecule has 2 rings (SSSR count). The van der Waals surface area contributed by atoms with Gasteiger partial charge in [-0.15, -0.1) is 0 Å². The van der Waals surface area contributed by atoms with Crippen LogP contribution in [0.15, 0.2) is 18.2 Å². The van der Waals surface area contributed by atoms with Gasteiger partial charge < -0.3 is 5.32 Å². The molecule has 19 heavy (non-hydrogen) atoms. The van der Waals surface area contributed by atoms with Gasteiger partial charge in [0.25, 0.3) is 0 Å². The van der Waals surface area contributed by atoms with E-state index in [1.807, 2.05) is 0 Å². The van der Waals surface area contributed by atoms with Crippen LogP contribution in [0.25, 0.3) is 0 Å². The highest BCUT2D eigenvalue weighted by molar-refractivity contribution is 6.31. The number of carbonyl (C=O) groups is 1. The zero-order valence-corrected chi connectivity index (χ0v) is 10.8. The lowest BCUT2D eigenvalue weighted by atomic mass is 10.1. The lowest BCUT2D eigenvalue weighted by Gasteiger charge is -2.13. The number of anilines is 1. The Kier molecular flexibility index (Phi) is 4.04. The van der Waals surface area contributed by atoms with Gasteiger partial charge in [-0.3, -0.25) is 4.79 Å². The van der Waals surface area contributed by atoms with Crippen molar-refractivity contribution in [3.63, 3.8) is 0 Å². The number of alkyl halides is 3. The van der Waals surface area contributed by atoms with Gasteiger partial charge >= 0.3 is 6.18 Å². The zero-order chi connectivity index (χ0) is 14.0. The molecule has 0 spiro atoms. The molecule has 1 fully saturated rings. The number of carbonyl (C=O) groups excluding carboxylic acids is 1. The number of hydrogen-bond donors (Lipinski definition) is 1. The molecule has 1 saturated carbocycles. The number of nitrogens with one attached hydrogen (secondary N) is 1. The third-order valence-corrected chi connectivity index (χ3v) is 3.59. The first-order chi connectivity index (χ1) is 8.88. The van der Waals surface area contributed by atoms with Crippen LogP contribution in [0.1, 0.15) is 31.2 Å². The molecule has 0 unspecified atom stereocenters. The van der Waals surface area contributed by atoms with Crippen molar-refractivity contribution in [2.45, 2.75) is 31.9 Å². The van der Waals surface area contributed by atoms with Crippen molar-refractivity contribution < 1.29 is 18.0 Å². The van der Waals surface area contributed by atoms with E-state index in [4.69, 9.17) is 11.6 Å². The van der Waals surface area contributed by atoms with E-state index in [0.717, 1.165) is 37.8 Å². The molecule has 1 amide bonds. The molecule has 1 aliphatic rings. The summed E-state index contributed by atoms with van der Waals surface area (Å²) in [4.78, 5) is 11.8. The molecule has 1 N–H and O–H groups in total. The van der Waals surface area contributed by atoms with E-state index < -0.39 is 11.7 Å². The average Bonchev–Trinajstić information content (AvgIpc) is 2.83. The SMILES string of the molecule is O=C(Nc1ccc(Cl)c(C(F)(F)F)c1)C1CCCC1. The summed E-state index contributed by atoms with van der Waals surface area (Å²) in [6, 6.07) is 3.40. The summed E-state index contributed by atoms with van der Waals surface area (Å²) in [6.07, 6.45) is -0.943. The highest BCUT2D eigenvalue weighted by Crippen LogP contribution is 2.36. The quantitative estimate of drug-likeness (QED) is 0.855. The van der Waals surface area contributed by atoms with Gasteiger partial charge in [0.2, 0.25) is 5.91 Å². The molecule has 0 atom stereocenters. The fourth-order valence-electron chi connectivity index (χ4n) is 2.25. The van der Waals surface area contributed by atoms with Gasteiger partial charge in [-0.05, 0) is 31.0 Å². The van der Waals surface area contributed by atoms with Gasteiger partial charge in [0.15, 0.2) is 0 Å². The minimum absolute atomic E-state index is 0.0926. The van der Waals surface area contributed by atoms with Crippen molar-refractivity contribution in [2.24, 2.45) is 5.92 Å². The minimum Gasteiger partial charge on any atom is -0.326 e. The summed E-state index contributed by atoms with van der Waals surface area (Å²) in [6.45, 7) is 0. The average molecular weight is 292 g/mol. The van der Waals surface area contributed by atoms with E-state index >= 15 is 0 Å². The van der Waals surface area contributed by atoms with Crippen LogP contribution in [-0.4, -0.2) is 5.91 Å². The summed E-state index contributed by atoms with van der Waals surface area (Å²) in [5.74, 6) is -0.307. The van der Waals surface area contributed by atoms with Crippen molar-refractivity contribution in [2.75, 3.05) is 5.32 Å². The Hall–Kier alpha value is -1.23. The Morgan fingerprint density at radius 3 is 2.47 bits per heavy atom. The van der Waals surface area contributed by atoms with Crippen molar-refractivity contribution in [3.8, 4) is 0 Å². The van der Waals surface area contributed by atoms with Crippen molar-refractivity contribution >= 4 is 23.2 Å². The molecule has 6 heteroatoms. The van der Waals surface area contributed by atoms with Gasteiger partial charge in [-0.25, -0.2) is 0 Å². The molecular weight excluding hydrogens is 279 g/mol. The maximum absolute atomic E-state index is 12.7. The predicted molar refractivity (Wildman–Crippen MR) is 67.0 cm³/mol. The number of benzene rings is 1. The molecule has 1 aliphatic carbocycles. The number of hydrogen-bond acceptors (Lipinski definition) is 1. The Morgan fingerprint density at radius 1 is 1.26 bits per heavy atom. The molecule has 0 heterocycles. The highest BCUT2D eigenvalue weighted by Gasteiger charge is 2.33. The molecular formula is C13H13ClF3NO. The fourth-order valence-corrected chi connectivity index (χ4v) is 2.48. The van der Waals surface area contributed by atoms with Gasteiger partial charge in [0, 0.05) is 11.6 Å². The molecule has 1 aromatic carbocycles. The second-order valence-electron chi connectivity index (χ2n) is 4.66. The predicted octanol–water partition coefficient (Wildman–Crippen LogP) is 4.49. The van der Waals surface area contributed by atoms with Crippen LogP contribution in [0.2, 0.25) is 5.02 Å². The van der Waals surface area contributed by atoms with E-state index in [1.165, 1.54) is 6.07 Å². The first-order valence-electron chi connectivity index (χ1n) is 6.05. The van der Waals surface area contributed by atoms with Crippen LogP contribution in [0.3, 0.4) is 0 Å². The van der Waals surface area contributed by atoms with Crippen LogP contribution < -0.4 is 5.32 Å². The van der Waals surface area contributed by atoms with E-state index in [2.05, 4.69) is 5.32 Å². The third-order valence-electron chi connectivity index (χ3n) is 3.27. The van der Waals surface area contributed by atoms with Gasteiger partial charge in [-0.1, -0.05) is 24.4 Å². The van der Waals surface area contributed by atoms with Crippen LogP contribution in [0.4, 0.5) is 18.9 Å². The zero-order valence-electron chi connectivity index (χ0n) is 10.1. The minimum atomic E-state index is -4.52. The molecule has 0 radical (unpaired) electrons. The van der Waals surface area contributed by atoms with E-state index in [1.54, 1.807) is 0 Å². The summed E-state index contributed by atoms with van der Waals surface area (Å²) in [7, 11) is 0. The lowest BCUT2D eigenvalue weighted by molar-refractivity contribution is -0.137. The van der Waals surface area contributed by atoms with E-state index in [9.17, 15) is 18.0 Å². The molecule has 0 aromatic heterocycles. The van der Waals surface area contributed by atoms with Crippen LogP contribution >= 0.6 is 11.6 Å². The van der Waals surface area contributed by atoms with Crippen molar-refractivity contribution in [1.29, 1.82) is 0 Å². The Morgan fingerprint density at radius 2 is 1.89 bits per heavy atom. The first-order valence-corrected chi connectivity index (χ1v) is 6.43. The topological polar surface area (TPSA) is 29.1 Å². The van der Waals surface area contributed by atoms with Crippen molar-refractivity contribution in [3.05, 3.63) is 28.8 Å². The Labute approximate surface area is 113 Å². The van der Waals surface area contributed by atoms with Gasteiger partial charge in [-0.2, -0.15) is 13.2 Å². The van der Waals surface area contributed by atoms with Crippen LogP contribution in [0.5, 0.6) is 0 Å². The van der Waals surface area contributed by atoms with E-state index in [-0.39, 0.29) is 22.5 Å². The Balaban J connectivity index is 2.15. The molecule has 0 saturated heterocycles. The molecule has 104 valence electrons. The molecule has 0 aliphatic heterocycles. The maximum atomic E-state index is 12.7. The monoisotopic (exact) mass is 291 g/mol. The summed E-state index contributed by atoms with van der Waals surface area (Å²) < 4.78 is 38.0.